The molecule has 1 aliphatic heterocycles. The number of imidazole rings is 1. The minimum Gasteiger partial charge on any atom is -0.458 e. The number of carbonyl (C=O) groups excluding carboxylic acids is 2. The van der Waals surface area contributed by atoms with E-state index in [0.29, 0.717) is 12.1 Å². The number of rotatable bonds is 28. The lowest BCUT2D eigenvalue weighted by Gasteiger charge is -2.33. The molecule has 0 saturated heterocycles. The Morgan fingerprint density at radius 2 is 1.34 bits per heavy atom. The minimum atomic E-state index is -4.97. The van der Waals surface area contributed by atoms with Gasteiger partial charge in [-0.3, -0.25) is 9.69 Å². The van der Waals surface area contributed by atoms with Crippen LogP contribution in [0.1, 0.15) is 39.7 Å². The van der Waals surface area contributed by atoms with Gasteiger partial charge >= 0.3 is 12.1 Å². The Balaban J connectivity index is 1.22. The average Bonchev–Trinajstić information content (AvgIpc) is 3.92. The number of carbonyl (C=O) groups is 2. The number of aromatic nitrogens is 5. The Morgan fingerprint density at radius 1 is 0.779 bits per heavy atom. The Hall–Kier alpha value is -4.47. The van der Waals surface area contributed by atoms with Crippen molar-refractivity contribution in [2.24, 2.45) is 5.73 Å². The molecule has 9 atom stereocenters. The second-order valence-corrected chi connectivity index (χ2v) is 15.8. The lowest BCUT2D eigenvalue weighted by atomic mass is 10.0. The van der Waals surface area contributed by atoms with Crippen molar-refractivity contribution in [3.05, 3.63) is 64.3 Å². The van der Waals surface area contributed by atoms with Crippen LogP contribution in [0.15, 0.2) is 18.3 Å². The molecule has 0 fully saturated rings. The number of alkyl halides is 3. The molecule has 1 aromatic carbocycles. The van der Waals surface area contributed by atoms with Crippen molar-refractivity contribution in [3.8, 4) is 0 Å². The molecule has 0 bridgehead atoms. The number of amides is 1. The number of esters is 1. The molecular formula is C39H56F6N8O15. The third-order valence-corrected chi connectivity index (χ3v) is 10.6. The van der Waals surface area contributed by atoms with Crippen molar-refractivity contribution < 1.29 is 101 Å². The fraction of sp³-hybridized carbons (Fsp3) is 0.667. The summed E-state index contributed by atoms with van der Waals surface area (Å²) in [6, 6.07) is -0.129. The highest BCUT2D eigenvalue weighted by atomic mass is 19.4. The maximum atomic E-state index is 14.1. The van der Waals surface area contributed by atoms with E-state index >= 15 is 0 Å². The zero-order valence-corrected chi connectivity index (χ0v) is 36.2. The Bertz CT molecular complexity index is 2040. The van der Waals surface area contributed by atoms with Crippen LogP contribution >= 0.6 is 0 Å². The van der Waals surface area contributed by atoms with Crippen LogP contribution in [0.5, 0.6) is 0 Å². The van der Waals surface area contributed by atoms with Crippen molar-refractivity contribution in [1.82, 2.24) is 34.3 Å². The van der Waals surface area contributed by atoms with Crippen LogP contribution in [0.3, 0.4) is 0 Å². The molecule has 0 spiro atoms. The van der Waals surface area contributed by atoms with Gasteiger partial charge in [0.2, 0.25) is 11.7 Å². The molecule has 68 heavy (non-hydrogen) atoms. The van der Waals surface area contributed by atoms with E-state index in [1.165, 1.54) is 15.8 Å². The number of benzene rings is 1. The van der Waals surface area contributed by atoms with E-state index < -0.39 is 154 Å². The SMILES string of the molecule is N[C@@H](CC(=O)N1CCn2c(C(F)(F)F)nc(C(=O)OCCOCCOCCn3cc(CN(C[C@H](O)[C@@H](O)[C@H](O)[C@H](O)CO)C[C@H](O)[C@@H](O)[C@H](O)[C@H](O)CO)nn3)c2C1)Cc1cc(F)c(F)cc1F. The number of hydrogen-bond acceptors (Lipinski definition) is 20. The summed E-state index contributed by atoms with van der Waals surface area (Å²) >= 11 is 0. The molecule has 384 valence electrons. The normalized spacial score (nSPS) is 17.3. The molecule has 2 aromatic heterocycles. The van der Waals surface area contributed by atoms with Gasteiger partial charge < -0.3 is 80.5 Å². The van der Waals surface area contributed by atoms with E-state index in [9.17, 15) is 76.8 Å². The van der Waals surface area contributed by atoms with E-state index in [0.717, 1.165) is 9.47 Å². The van der Waals surface area contributed by atoms with Crippen molar-refractivity contribution in [1.29, 1.82) is 0 Å². The molecule has 1 aliphatic rings. The molecule has 0 unspecified atom stereocenters. The van der Waals surface area contributed by atoms with E-state index in [4.69, 9.17) is 30.2 Å². The number of hydrogen-bond donors (Lipinski definition) is 11. The fourth-order valence-electron chi connectivity index (χ4n) is 6.96. The Labute approximate surface area is 383 Å². The van der Waals surface area contributed by atoms with Gasteiger partial charge in [0.15, 0.2) is 17.3 Å². The number of aliphatic hydroxyl groups is 10. The second kappa shape index (κ2) is 25.9. The number of halogens is 6. The van der Waals surface area contributed by atoms with E-state index in [1.54, 1.807) is 0 Å². The predicted octanol–water partition coefficient (Wildman–Crippen LogP) is -4.22. The number of nitrogens with two attached hydrogens (primary N) is 1. The highest BCUT2D eigenvalue weighted by molar-refractivity contribution is 5.89. The summed E-state index contributed by atoms with van der Waals surface area (Å²) in [5.41, 5.74) is 4.96. The molecular weight excluding hydrogens is 934 g/mol. The molecule has 12 N–H and O–H groups in total. The van der Waals surface area contributed by atoms with Crippen molar-refractivity contribution in [2.75, 3.05) is 65.9 Å². The topological polar surface area (TPSA) is 345 Å². The lowest BCUT2D eigenvalue weighted by Crippen LogP contribution is -2.53. The molecule has 29 heteroatoms. The summed E-state index contributed by atoms with van der Waals surface area (Å²) in [6.07, 6.45) is -19.5. The van der Waals surface area contributed by atoms with Gasteiger partial charge in [-0.2, -0.15) is 13.2 Å². The first-order valence-corrected chi connectivity index (χ1v) is 21.0. The fourth-order valence-corrected chi connectivity index (χ4v) is 6.96. The Kier molecular flexibility index (Phi) is 21.4. The number of aliphatic hydroxyl groups excluding tert-OH is 10. The van der Waals surface area contributed by atoms with Gasteiger partial charge in [0.1, 0.15) is 49.0 Å². The van der Waals surface area contributed by atoms with Gasteiger partial charge in [-0.15, -0.1) is 5.10 Å². The van der Waals surface area contributed by atoms with Crippen molar-refractivity contribution in [2.45, 2.75) is 100 Å². The quantitative estimate of drug-likeness (QED) is 0.0142. The number of fused-ring (bicyclic) bond motifs is 1. The summed E-state index contributed by atoms with van der Waals surface area (Å²) in [5.74, 6) is -7.08. The van der Waals surface area contributed by atoms with Gasteiger partial charge in [0.05, 0.1) is 76.3 Å². The molecule has 1 amide bonds. The molecule has 0 saturated carbocycles. The van der Waals surface area contributed by atoms with Gasteiger partial charge in [-0.25, -0.2) is 27.6 Å². The lowest BCUT2D eigenvalue weighted by molar-refractivity contribution is -0.148. The van der Waals surface area contributed by atoms with Crippen molar-refractivity contribution in [3.63, 3.8) is 0 Å². The number of ether oxygens (including phenoxy) is 3. The van der Waals surface area contributed by atoms with Gasteiger partial charge in [0, 0.05) is 57.4 Å². The largest absolute Gasteiger partial charge is 0.458 e. The summed E-state index contributed by atoms with van der Waals surface area (Å²) in [5, 5.41) is 107. The zero-order chi connectivity index (χ0) is 50.5. The van der Waals surface area contributed by atoms with Gasteiger partial charge in [-0.05, 0) is 18.1 Å². The maximum Gasteiger partial charge on any atom is 0.449 e. The zero-order valence-electron chi connectivity index (χ0n) is 36.2. The van der Waals surface area contributed by atoms with Crippen LogP contribution in [-0.2, 0) is 57.8 Å². The third kappa shape index (κ3) is 15.8. The standard InChI is InChI=1S/C39H56F6N8O15/c40-23-12-25(42)24(41)10-20(23)9-21(46)11-31(60)51-1-2-53-26(15-51)32(47-38(53)39(43,44)45)37(65)68-8-7-67-6-5-66-4-3-52-14-22(48-49-52)13-50(16-27(56)33(61)35(63)29(58)18-54)17-28(57)34(62)36(64)30(59)19-55/h10,12,14,21,27-30,33-36,54-59,61-64H,1-9,11,13,15-19,46H2/t21-,27+,28+,29-,30-,33-,34-,35-,36-/m1/s1. The van der Waals surface area contributed by atoms with E-state index in [1.807, 2.05) is 0 Å². The summed E-state index contributed by atoms with van der Waals surface area (Å²) in [7, 11) is 0. The highest BCUT2D eigenvalue weighted by Gasteiger charge is 2.42. The van der Waals surface area contributed by atoms with Crippen LogP contribution in [-0.4, -0.2) is 218 Å². The van der Waals surface area contributed by atoms with Crippen LogP contribution in [0.2, 0.25) is 0 Å². The highest BCUT2D eigenvalue weighted by Crippen LogP contribution is 2.33. The van der Waals surface area contributed by atoms with Crippen LogP contribution in [0.4, 0.5) is 26.3 Å². The average molecular weight is 991 g/mol. The first-order chi connectivity index (χ1) is 32.1. The van der Waals surface area contributed by atoms with Crippen LogP contribution in [0.25, 0.3) is 0 Å². The summed E-state index contributed by atoms with van der Waals surface area (Å²) in [4.78, 5) is 31.9. The molecule has 3 aromatic rings. The van der Waals surface area contributed by atoms with Crippen LogP contribution < -0.4 is 5.73 Å². The van der Waals surface area contributed by atoms with Crippen LogP contribution in [0, 0.1) is 17.5 Å². The summed E-state index contributed by atoms with van der Waals surface area (Å²) in [6.45, 7) is -4.70. The summed E-state index contributed by atoms with van der Waals surface area (Å²) < 4.78 is 101. The minimum absolute atomic E-state index is 0.0180. The molecule has 0 aliphatic carbocycles. The number of nitrogens with zero attached hydrogens (tertiary/aromatic N) is 7. The predicted molar refractivity (Wildman–Crippen MR) is 215 cm³/mol. The Morgan fingerprint density at radius 3 is 1.93 bits per heavy atom. The molecule has 23 nitrogen and oxygen atoms in total. The molecule has 3 heterocycles. The molecule has 4 rings (SSSR count). The second-order valence-electron chi connectivity index (χ2n) is 15.8. The van der Waals surface area contributed by atoms with Gasteiger partial charge in [-0.1, -0.05) is 5.21 Å². The smallest absolute Gasteiger partial charge is 0.449 e. The first kappa shape index (κ1) is 56.1. The van der Waals surface area contributed by atoms with Gasteiger partial charge in [0.25, 0.3) is 0 Å². The first-order valence-electron chi connectivity index (χ1n) is 21.0. The van der Waals surface area contributed by atoms with E-state index in [2.05, 4.69) is 15.3 Å². The maximum absolute atomic E-state index is 14.1. The van der Waals surface area contributed by atoms with Crippen molar-refractivity contribution >= 4 is 11.9 Å². The van der Waals surface area contributed by atoms with E-state index in [-0.39, 0.29) is 69.4 Å². The molecule has 0 radical (unpaired) electrons. The monoisotopic (exact) mass is 990 g/mol. The third-order valence-electron chi connectivity index (χ3n) is 10.6.